The summed E-state index contributed by atoms with van der Waals surface area (Å²) in [6.45, 7) is 3.06. The molecule has 0 radical (unpaired) electrons. The SMILES string of the molecule is CCCC(Cc1ccc(Cl)cc1Cl)Cn1cncn1. The van der Waals surface area contributed by atoms with Crippen LogP contribution in [0.3, 0.4) is 0 Å². The molecule has 0 amide bonds. The third kappa shape index (κ3) is 4.22. The van der Waals surface area contributed by atoms with Gasteiger partial charge in [0.05, 0.1) is 0 Å². The van der Waals surface area contributed by atoms with Crippen molar-refractivity contribution in [3.63, 3.8) is 0 Å². The summed E-state index contributed by atoms with van der Waals surface area (Å²) in [5.41, 5.74) is 1.14. The topological polar surface area (TPSA) is 30.7 Å². The van der Waals surface area contributed by atoms with Crippen molar-refractivity contribution in [2.24, 2.45) is 5.92 Å². The summed E-state index contributed by atoms with van der Waals surface area (Å²) in [5.74, 6) is 0.505. The van der Waals surface area contributed by atoms with E-state index < -0.39 is 0 Å². The molecule has 102 valence electrons. The Kier molecular flexibility index (Phi) is 5.23. The zero-order chi connectivity index (χ0) is 13.7. The van der Waals surface area contributed by atoms with E-state index in [-0.39, 0.29) is 0 Å². The molecule has 0 saturated carbocycles. The smallest absolute Gasteiger partial charge is 0.137 e. The molecule has 2 aromatic rings. The van der Waals surface area contributed by atoms with Crippen LogP contribution in [0.15, 0.2) is 30.9 Å². The molecule has 0 fully saturated rings. The number of halogens is 2. The van der Waals surface area contributed by atoms with Gasteiger partial charge in [-0.25, -0.2) is 4.98 Å². The largest absolute Gasteiger partial charge is 0.253 e. The molecule has 5 heteroatoms. The van der Waals surface area contributed by atoms with E-state index in [1.807, 2.05) is 16.8 Å². The molecule has 19 heavy (non-hydrogen) atoms. The number of benzene rings is 1. The van der Waals surface area contributed by atoms with Gasteiger partial charge in [0, 0.05) is 16.6 Å². The Morgan fingerprint density at radius 2 is 2.16 bits per heavy atom. The van der Waals surface area contributed by atoms with Gasteiger partial charge in [0.15, 0.2) is 0 Å². The second-order valence-corrected chi connectivity index (χ2v) is 5.56. The quantitative estimate of drug-likeness (QED) is 0.798. The molecule has 1 unspecified atom stereocenters. The van der Waals surface area contributed by atoms with Crippen molar-refractivity contribution < 1.29 is 0 Å². The Morgan fingerprint density at radius 1 is 1.32 bits per heavy atom. The van der Waals surface area contributed by atoms with Gasteiger partial charge in [-0.3, -0.25) is 4.68 Å². The van der Waals surface area contributed by atoms with Crippen molar-refractivity contribution in [2.75, 3.05) is 0 Å². The predicted molar refractivity (Wildman–Crippen MR) is 78.6 cm³/mol. The molecular formula is C14H17Cl2N3. The fourth-order valence-corrected chi connectivity index (χ4v) is 2.74. The Morgan fingerprint density at radius 3 is 2.79 bits per heavy atom. The lowest BCUT2D eigenvalue weighted by Gasteiger charge is -2.17. The molecule has 2 rings (SSSR count). The summed E-state index contributed by atoms with van der Waals surface area (Å²) in [4.78, 5) is 3.98. The molecule has 0 aliphatic carbocycles. The minimum atomic E-state index is 0.505. The fourth-order valence-electron chi connectivity index (χ4n) is 2.26. The molecule has 3 nitrogen and oxygen atoms in total. The van der Waals surface area contributed by atoms with Crippen LogP contribution < -0.4 is 0 Å². The second kappa shape index (κ2) is 6.92. The van der Waals surface area contributed by atoms with Gasteiger partial charge in [0.25, 0.3) is 0 Å². The van der Waals surface area contributed by atoms with Crippen LogP contribution in [0, 0.1) is 5.92 Å². The molecule has 1 aromatic heterocycles. The van der Waals surface area contributed by atoms with Gasteiger partial charge in [-0.2, -0.15) is 5.10 Å². The molecule has 0 aliphatic rings. The maximum atomic E-state index is 6.24. The summed E-state index contributed by atoms with van der Waals surface area (Å²) in [5, 5.41) is 5.59. The highest BCUT2D eigenvalue weighted by Gasteiger charge is 2.12. The normalized spacial score (nSPS) is 12.6. The number of rotatable bonds is 6. The van der Waals surface area contributed by atoms with Gasteiger partial charge in [0.2, 0.25) is 0 Å². The predicted octanol–water partition coefficient (Wildman–Crippen LogP) is 4.24. The first-order valence-electron chi connectivity index (χ1n) is 6.45. The molecule has 0 aliphatic heterocycles. The Bertz CT molecular complexity index is 511. The maximum absolute atomic E-state index is 6.24. The molecule has 1 atom stereocenters. The summed E-state index contributed by atoms with van der Waals surface area (Å²) in [7, 11) is 0. The molecule has 0 saturated heterocycles. The van der Waals surface area contributed by atoms with Gasteiger partial charge in [0.1, 0.15) is 12.7 Å². The number of aromatic nitrogens is 3. The molecule has 1 aromatic carbocycles. The van der Waals surface area contributed by atoms with Crippen molar-refractivity contribution in [1.29, 1.82) is 0 Å². The summed E-state index contributed by atoms with van der Waals surface area (Å²) in [6.07, 6.45) is 6.54. The lowest BCUT2D eigenvalue weighted by molar-refractivity contribution is 0.387. The third-order valence-corrected chi connectivity index (χ3v) is 3.72. The summed E-state index contributed by atoms with van der Waals surface area (Å²) < 4.78 is 1.88. The van der Waals surface area contributed by atoms with Gasteiger partial charge >= 0.3 is 0 Å². The lowest BCUT2D eigenvalue weighted by atomic mass is 9.95. The molecule has 1 heterocycles. The van der Waals surface area contributed by atoms with Crippen LogP contribution in [-0.2, 0) is 13.0 Å². The van der Waals surface area contributed by atoms with Crippen molar-refractivity contribution in [3.05, 3.63) is 46.5 Å². The summed E-state index contributed by atoms with van der Waals surface area (Å²) in [6, 6.07) is 5.70. The molecule has 0 N–H and O–H groups in total. The van der Waals surface area contributed by atoms with Crippen LogP contribution in [-0.4, -0.2) is 14.8 Å². The van der Waals surface area contributed by atoms with E-state index in [1.165, 1.54) is 0 Å². The van der Waals surface area contributed by atoms with Crippen molar-refractivity contribution in [3.8, 4) is 0 Å². The van der Waals surface area contributed by atoms with E-state index in [2.05, 4.69) is 17.0 Å². The first-order valence-corrected chi connectivity index (χ1v) is 7.21. The fraction of sp³-hybridized carbons (Fsp3) is 0.429. The number of hydrogen-bond acceptors (Lipinski definition) is 2. The first-order chi connectivity index (χ1) is 9.19. The highest BCUT2D eigenvalue weighted by atomic mass is 35.5. The second-order valence-electron chi connectivity index (χ2n) is 4.71. The highest BCUT2D eigenvalue weighted by Crippen LogP contribution is 2.25. The average molecular weight is 298 g/mol. The van der Waals surface area contributed by atoms with Gasteiger partial charge in [-0.1, -0.05) is 42.6 Å². The Hall–Kier alpha value is -1.06. The van der Waals surface area contributed by atoms with E-state index in [0.29, 0.717) is 10.9 Å². The van der Waals surface area contributed by atoms with Gasteiger partial charge in [-0.05, 0) is 36.5 Å². The van der Waals surface area contributed by atoms with Crippen LogP contribution in [0.25, 0.3) is 0 Å². The van der Waals surface area contributed by atoms with E-state index in [0.717, 1.165) is 36.4 Å². The van der Waals surface area contributed by atoms with Crippen LogP contribution in [0.2, 0.25) is 10.0 Å². The van der Waals surface area contributed by atoms with Crippen molar-refractivity contribution in [1.82, 2.24) is 14.8 Å². The van der Waals surface area contributed by atoms with Gasteiger partial charge in [-0.15, -0.1) is 0 Å². The van der Waals surface area contributed by atoms with E-state index in [9.17, 15) is 0 Å². The van der Waals surface area contributed by atoms with Crippen LogP contribution in [0.1, 0.15) is 25.3 Å². The van der Waals surface area contributed by atoms with Crippen LogP contribution in [0.5, 0.6) is 0 Å². The van der Waals surface area contributed by atoms with Gasteiger partial charge < -0.3 is 0 Å². The van der Waals surface area contributed by atoms with Crippen molar-refractivity contribution in [2.45, 2.75) is 32.7 Å². The first kappa shape index (κ1) is 14.4. The molecular weight excluding hydrogens is 281 g/mol. The maximum Gasteiger partial charge on any atom is 0.137 e. The average Bonchev–Trinajstić information content (AvgIpc) is 2.86. The Balaban J connectivity index is 2.07. The van der Waals surface area contributed by atoms with Crippen molar-refractivity contribution >= 4 is 23.2 Å². The molecule has 0 bridgehead atoms. The van der Waals surface area contributed by atoms with E-state index in [4.69, 9.17) is 23.2 Å². The number of nitrogens with zero attached hydrogens (tertiary/aromatic N) is 3. The lowest BCUT2D eigenvalue weighted by Crippen LogP contribution is -2.14. The minimum absolute atomic E-state index is 0.505. The summed E-state index contributed by atoms with van der Waals surface area (Å²) >= 11 is 12.2. The zero-order valence-corrected chi connectivity index (χ0v) is 12.4. The standard InChI is InChI=1S/C14H17Cl2N3/c1-2-3-11(8-19-10-17-9-18-19)6-12-4-5-13(15)7-14(12)16/h4-5,7,9-11H,2-3,6,8H2,1H3. The third-order valence-electron chi connectivity index (χ3n) is 3.13. The van der Waals surface area contributed by atoms with E-state index >= 15 is 0 Å². The Labute approximate surface area is 123 Å². The van der Waals surface area contributed by atoms with E-state index in [1.54, 1.807) is 18.7 Å². The molecule has 0 spiro atoms. The van der Waals surface area contributed by atoms with Crippen LogP contribution >= 0.6 is 23.2 Å². The monoisotopic (exact) mass is 297 g/mol. The van der Waals surface area contributed by atoms with Crippen LogP contribution in [0.4, 0.5) is 0 Å². The minimum Gasteiger partial charge on any atom is -0.253 e. The highest BCUT2D eigenvalue weighted by molar-refractivity contribution is 6.35. The number of hydrogen-bond donors (Lipinski definition) is 0. The zero-order valence-electron chi connectivity index (χ0n) is 10.9.